The molecule has 0 fully saturated rings. The lowest BCUT2D eigenvalue weighted by molar-refractivity contribution is 0.413. The third-order valence-corrected chi connectivity index (χ3v) is 3.21. The molecule has 0 atom stereocenters. The van der Waals surface area contributed by atoms with Crippen LogP contribution in [0.3, 0.4) is 0 Å². The molecule has 2 nitrogen and oxygen atoms in total. The van der Waals surface area contributed by atoms with Gasteiger partial charge in [-0.2, -0.15) is 0 Å². The van der Waals surface area contributed by atoms with Crippen molar-refractivity contribution in [2.24, 2.45) is 0 Å². The van der Waals surface area contributed by atoms with Crippen molar-refractivity contribution in [2.75, 3.05) is 13.7 Å². The summed E-state index contributed by atoms with van der Waals surface area (Å²) in [4.78, 5) is 0. The van der Waals surface area contributed by atoms with Crippen LogP contribution in [0, 0.1) is 0 Å². The molecule has 106 valence electrons. The van der Waals surface area contributed by atoms with Crippen LogP contribution in [0.15, 0.2) is 23.8 Å². The molecule has 0 aliphatic rings. The molecule has 19 heavy (non-hydrogen) atoms. The second-order valence-electron chi connectivity index (χ2n) is 5.62. The summed E-state index contributed by atoms with van der Waals surface area (Å²) in [6.07, 6.45) is 3.11. The number of ether oxygens (including phenoxy) is 1. The molecular weight excluding hydrogens is 258 g/mol. The summed E-state index contributed by atoms with van der Waals surface area (Å²) < 4.78 is 5.37. The van der Waals surface area contributed by atoms with Crippen LogP contribution in [0.5, 0.6) is 5.75 Å². The molecule has 0 radical (unpaired) electrons. The van der Waals surface area contributed by atoms with Gasteiger partial charge in [0.25, 0.3) is 0 Å². The third kappa shape index (κ3) is 5.25. The summed E-state index contributed by atoms with van der Waals surface area (Å²) in [5.74, 6) is 0.814. The maximum atomic E-state index is 6.25. The number of benzene rings is 1. The Balaban J connectivity index is 2.98. The Morgan fingerprint density at radius 2 is 2.05 bits per heavy atom. The van der Waals surface area contributed by atoms with Gasteiger partial charge < -0.3 is 10.1 Å². The van der Waals surface area contributed by atoms with E-state index in [0.717, 1.165) is 29.3 Å². The van der Waals surface area contributed by atoms with E-state index in [1.165, 1.54) is 5.57 Å². The minimum atomic E-state index is 0.110. The van der Waals surface area contributed by atoms with E-state index in [2.05, 4.69) is 39.1 Å². The number of methoxy groups -OCH3 is 1. The summed E-state index contributed by atoms with van der Waals surface area (Å²) in [6, 6.07) is 5.72. The van der Waals surface area contributed by atoms with Crippen molar-refractivity contribution < 1.29 is 4.74 Å². The minimum absolute atomic E-state index is 0.110. The Labute approximate surface area is 121 Å². The fourth-order valence-corrected chi connectivity index (χ4v) is 1.92. The number of hydrogen-bond donors (Lipinski definition) is 1. The highest BCUT2D eigenvalue weighted by molar-refractivity contribution is 6.32. The van der Waals surface area contributed by atoms with Gasteiger partial charge >= 0.3 is 0 Å². The summed E-state index contributed by atoms with van der Waals surface area (Å²) in [5.41, 5.74) is 2.37. The van der Waals surface area contributed by atoms with Gasteiger partial charge in [0.1, 0.15) is 5.75 Å². The molecule has 0 amide bonds. The summed E-state index contributed by atoms with van der Waals surface area (Å²) in [7, 11) is 1.67. The predicted octanol–water partition coefficient (Wildman–Crippen LogP) is 4.53. The van der Waals surface area contributed by atoms with Crippen LogP contribution in [0.1, 0.15) is 39.7 Å². The molecule has 1 rings (SSSR count). The van der Waals surface area contributed by atoms with E-state index in [1.54, 1.807) is 7.11 Å². The Hall–Kier alpha value is -0.990. The van der Waals surface area contributed by atoms with Crippen molar-refractivity contribution in [1.29, 1.82) is 0 Å². The topological polar surface area (TPSA) is 21.3 Å². The third-order valence-electron chi connectivity index (χ3n) is 2.88. The van der Waals surface area contributed by atoms with Crippen LogP contribution < -0.4 is 10.1 Å². The lowest BCUT2D eigenvalue weighted by Crippen LogP contribution is -2.36. The zero-order valence-electron chi connectivity index (χ0n) is 12.5. The van der Waals surface area contributed by atoms with Crippen LogP contribution in [0.25, 0.3) is 6.08 Å². The molecule has 0 unspecified atom stereocenters. The van der Waals surface area contributed by atoms with Crippen molar-refractivity contribution in [3.8, 4) is 5.75 Å². The first-order valence-electron chi connectivity index (χ1n) is 6.64. The highest BCUT2D eigenvalue weighted by Crippen LogP contribution is 2.29. The SMILES string of the molecule is CC/C(=C/c1c(Cl)cccc1OC)CNC(C)(C)C. The van der Waals surface area contributed by atoms with Crippen molar-refractivity contribution in [1.82, 2.24) is 5.32 Å². The van der Waals surface area contributed by atoms with Crippen LogP contribution in [0.4, 0.5) is 0 Å². The fraction of sp³-hybridized carbons (Fsp3) is 0.500. The lowest BCUT2D eigenvalue weighted by Gasteiger charge is -2.21. The number of rotatable bonds is 5. The van der Waals surface area contributed by atoms with Crippen molar-refractivity contribution in [3.63, 3.8) is 0 Å². The molecule has 0 aliphatic carbocycles. The van der Waals surface area contributed by atoms with Crippen molar-refractivity contribution in [2.45, 2.75) is 39.7 Å². The second kappa shape index (κ2) is 6.97. The maximum absolute atomic E-state index is 6.25. The summed E-state index contributed by atoms with van der Waals surface area (Å²) in [6.45, 7) is 9.50. The quantitative estimate of drug-likeness (QED) is 0.856. The predicted molar refractivity (Wildman–Crippen MR) is 84.0 cm³/mol. The Morgan fingerprint density at radius 3 is 2.58 bits per heavy atom. The van der Waals surface area contributed by atoms with Gasteiger partial charge in [-0.05, 0) is 45.4 Å². The van der Waals surface area contributed by atoms with Gasteiger partial charge in [-0.25, -0.2) is 0 Å². The monoisotopic (exact) mass is 281 g/mol. The molecule has 0 saturated heterocycles. The van der Waals surface area contributed by atoms with Gasteiger partial charge in [-0.1, -0.05) is 30.2 Å². The van der Waals surface area contributed by atoms with E-state index in [9.17, 15) is 0 Å². The zero-order chi connectivity index (χ0) is 14.5. The molecule has 0 bridgehead atoms. The molecule has 0 aromatic heterocycles. The fourth-order valence-electron chi connectivity index (χ4n) is 1.70. The lowest BCUT2D eigenvalue weighted by atomic mass is 10.0. The molecule has 0 spiro atoms. The van der Waals surface area contributed by atoms with Gasteiger partial charge in [0.15, 0.2) is 0 Å². The summed E-state index contributed by atoms with van der Waals surface area (Å²) in [5, 5.41) is 4.22. The molecule has 0 aliphatic heterocycles. The van der Waals surface area contributed by atoms with E-state index in [-0.39, 0.29) is 5.54 Å². The maximum Gasteiger partial charge on any atom is 0.127 e. The Morgan fingerprint density at radius 1 is 1.37 bits per heavy atom. The van der Waals surface area contributed by atoms with Crippen molar-refractivity contribution in [3.05, 3.63) is 34.4 Å². The Bertz CT molecular complexity index is 447. The van der Waals surface area contributed by atoms with E-state index in [1.807, 2.05) is 18.2 Å². The average Bonchev–Trinajstić information content (AvgIpc) is 2.34. The highest BCUT2D eigenvalue weighted by Gasteiger charge is 2.10. The second-order valence-corrected chi connectivity index (χ2v) is 6.02. The molecule has 3 heteroatoms. The standard InChI is InChI=1S/C16H24ClNO/c1-6-12(11-18-16(2,3)4)10-13-14(17)8-7-9-15(13)19-5/h7-10,18H,6,11H2,1-5H3/b12-10-. The summed E-state index contributed by atoms with van der Waals surface area (Å²) >= 11 is 6.25. The van der Waals surface area contributed by atoms with Crippen LogP contribution in [-0.2, 0) is 0 Å². The van der Waals surface area contributed by atoms with E-state index >= 15 is 0 Å². The van der Waals surface area contributed by atoms with Crippen LogP contribution >= 0.6 is 11.6 Å². The van der Waals surface area contributed by atoms with E-state index < -0.39 is 0 Å². The van der Waals surface area contributed by atoms with E-state index in [4.69, 9.17) is 16.3 Å². The zero-order valence-corrected chi connectivity index (χ0v) is 13.3. The smallest absolute Gasteiger partial charge is 0.127 e. The van der Waals surface area contributed by atoms with Gasteiger partial charge in [-0.15, -0.1) is 0 Å². The van der Waals surface area contributed by atoms with Crippen molar-refractivity contribution >= 4 is 17.7 Å². The molecular formula is C16H24ClNO. The first-order chi connectivity index (χ1) is 8.87. The van der Waals surface area contributed by atoms with Crippen LogP contribution in [0.2, 0.25) is 5.02 Å². The van der Waals surface area contributed by atoms with Gasteiger partial charge in [-0.3, -0.25) is 0 Å². The van der Waals surface area contributed by atoms with E-state index in [0.29, 0.717) is 0 Å². The molecule has 1 aromatic carbocycles. The molecule has 1 aromatic rings. The minimum Gasteiger partial charge on any atom is -0.496 e. The largest absolute Gasteiger partial charge is 0.496 e. The first kappa shape index (κ1) is 16.1. The normalized spacial score (nSPS) is 12.6. The highest BCUT2D eigenvalue weighted by atomic mass is 35.5. The molecule has 0 saturated carbocycles. The van der Waals surface area contributed by atoms with Crippen LogP contribution in [-0.4, -0.2) is 19.2 Å². The van der Waals surface area contributed by atoms with Gasteiger partial charge in [0, 0.05) is 17.6 Å². The molecule has 1 N–H and O–H groups in total. The molecule has 0 heterocycles. The van der Waals surface area contributed by atoms with Gasteiger partial charge in [0.05, 0.1) is 12.1 Å². The number of nitrogens with one attached hydrogen (secondary N) is 1. The van der Waals surface area contributed by atoms with Gasteiger partial charge in [0.2, 0.25) is 0 Å². The average molecular weight is 282 g/mol. The number of hydrogen-bond acceptors (Lipinski definition) is 2. The number of halogens is 1. The first-order valence-corrected chi connectivity index (χ1v) is 7.02. The Kier molecular flexibility index (Phi) is 5.89.